The zero-order chi connectivity index (χ0) is 12.3. The van der Waals surface area contributed by atoms with Gasteiger partial charge in [0, 0.05) is 24.2 Å². The van der Waals surface area contributed by atoms with E-state index in [1.807, 2.05) is 30.5 Å². The number of para-hydroxylation sites is 1. The molecule has 0 bridgehead atoms. The Morgan fingerprint density at radius 3 is 2.71 bits per heavy atom. The van der Waals surface area contributed by atoms with Gasteiger partial charge in [-0.25, -0.2) is 0 Å². The third-order valence-corrected chi connectivity index (χ3v) is 2.89. The zero-order valence-corrected chi connectivity index (χ0v) is 10.4. The maximum atomic E-state index is 11.7. The Kier molecular flexibility index (Phi) is 3.59. The number of benzene rings is 1. The topological polar surface area (TPSA) is 25.2 Å². The Labute approximate surface area is 101 Å². The van der Waals surface area contributed by atoms with Crippen LogP contribution in [0.1, 0.15) is 6.42 Å². The molecule has 0 unspecified atom stereocenters. The van der Waals surface area contributed by atoms with Gasteiger partial charge in [0.25, 0.3) is 0 Å². The molecule has 2 rings (SSSR count). The molecule has 0 N–H and O–H groups in total. The number of hydrogen-bond donors (Lipinski definition) is 0. The summed E-state index contributed by atoms with van der Waals surface area (Å²) in [6, 6.07) is 9.43. The Balaban J connectivity index is 2.29. The molecule has 90 valence electrons. The monoisotopic (exact) mass is 230 g/mol. The van der Waals surface area contributed by atoms with Crippen molar-refractivity contribution in [3.05, 3.63) is 46.8 Å². The molecule has 0 radical (unpaired) electrons. The van der Waals surface area contributed by atoms with Crippen molar-refractivity contribution in [3.8, 4) is 0 Å². The van der Waals surface area contributed by atoms with Crippen LogP contribution in [0.15, 0.2) is 41.3 Å². The normalized spacial score (nSPS) is 11.2. The first-order chi connectivity index (χ1) is 8.18. The molecule has 0 aliphatic carbocycles. The molecule has 1 aromatic heterocycles. The molecule has 2 aromatic rings. The number of hydrogen-bond acceptors (Lipinski definition) is 2. The van der Waals surface area contributed by atoms with Gasteiger partial charge in [-0.3, -0.25) is 4.79 Å². The SMILES string of the molecule is CN(C)CCCn1ccc(=O)c2ccccc21. The molecule has 0 spiro atoms. The molecule has 0 atom stereocenters. The predicted octanol–water partition coefficient (Wildman–Crippen LogP) is 1.95. The van der Waals surface area contributed by atoms with Crippen LogP contribution < -0.4 is 5.43 Å². The van der Waals surface area contributed by atoms with Crippen LogP contribution in [0.4, 0.5) is 0 Å². The van der Waals surface area contributed by atoms with E-state index in [0.29, 0.717) is 0 Å². The molecule has 0 amide bonds. The van der Waals surface area contributed by atoms with Crippen molar-refractivity contribution >= 4 is 10.9 Å². The Hall–Kier alpha value is -1.61. The second-order valence-corrected chi connectivity index (χ2v) is 4.55. The first-order valence-electron chi connectivity index (χ1n) is 5.91. The number of aryl methyl sites for hydroxylation is 1. The number of rotatable bonds is 4. The van der Waals surface area contributed by atoms with Crippen LogP contribution in [0.5, 0.6) is 0 Å². The molecular formula is C14H18N2O. The van der Waals surface area contributed by atoms with Crippen LogP contribution in [-0.2, 0) is 6.54 Å². The fourth-order valence-electron chi connectivity index (χ4n) is 2.01. The molecular weight excluding hydrogens is 212 g/mol. The van der Waals surface area contributed by atoms with Crippen LogP contribution in [0.3, 0.4) is 0 Å². The molecule has 1 aromatic carbocycles. The van der Waals surface area contributed by atoms with Gasteiger partial charge in [0.05, 0.1) is 5.52 Å². The fourth-order valence-corrected chi connectivity index (χ4v) is 2.01. The van der Waals surface area contributed by atoms with E-state index in [1.54, 1.807) is 6.07 Å². The van der Waals surface area contributed by atoms with E-state index in [-0.39, 0.29) is 5.43 Å². The van der Waals surface area contributed by atoms with E-state index in [2.05, 4.69) is 23.6 Å². The second kappa shape index (κ2) is 5.15. The number of fused-ring (bicyclic) bond motifs is 1. The zero-order valence-electron chi connectivity index (χ0n) is 10.4. The van der Waals surface area contributed by atoms with E-state index in [0.717, 1.165) is 30.4 Å². The van der Waals surface area contributed by atoms with Crippen molar-refractivity contribution in [2.75, 3.05) is 20.6 Å². The Morgan fingerprint density at radius 1 is 1.18 bits per heavy atom. The van der Waals surface area contributed by atoms with Crippen molar-refractivity contribution in [2.24, 2.45) is 0 Å². The van der Waals surface area contributed by atoms with Gasteiger partial charge in [-0.2, -0.15) is 0 Å². The predicted molar refractivity (Wildman–Crippen MR) is 71.4 cm³/mol. The van der Waals surface area contributed by atoms with Gasteiger partial charge < -0.3 is 9.47 Å². The van der Waals surface area contributed by atoms with Crippen molar-refractivity contribution in [1.29, 1.82) is 0 Å². The average molecular weight is 230 g/mol. The summed E-state index contributed by atoms with van der Waals surface area (Å²) in [4.78, 5) is 13.9. The minimum atomic E-state index is 0.101. The summed E-state index contributed by atoms with van der Waals surface area (Å²) in [6.07, 6.45) is 2.97. The van der Waals surface area contributed by atoms with E-state index >= 15 is 0 Å². The lowest BCUT2D eigenvalue weighted by molar-refractivity contribution is 0.387. The molecule has 3 heteroatoms. The molecule has 0 fully saturated rings. The van der Waals surface area contributed by atoms with Gasteiger partial charge in [-0.15, -0.1) is 0 Å². The summed E-state index contributed by atoms with van der Waals surface area (Å²) in [5.41, 5.74) is 1.13. The molecule has 1 heterocycles. The minimum Gasteiger partial charge on any atom is -0.347 e. The summed E-state index contributed by atoms with van der Waals surface area (Å²) in [5, 5.41) is 0.805. The lowest BCUT2D eigenvalue weighted by Crippen LogP contribution is -2.16. The second-order valence-electron chi connectivity index (χ2n) is 4.55. The third kappa shape index (κ3) is 2.74. The van der Waals surface area contributed by atoms with Gasteiger partial charge in [0.15, 0.2) is 5.43 Å². The highest BCUT2D eigenvalue weighted by atomic mass is 16.1. The van der Waals surface area contributed by atoms with Crippen molar-refractivity contribution in [2.45, 2.75) is 13.0 Å². The first-order valence-corrected chi connectivity index (χ1v) is 5.91. The van der Waals surface area contributed by atoms with Crippen molar-refractivity contribution in [1.82, 2.24) is 9.47 Å². The van der Waals surface area contributed by atoms with Crippen LogP contribution in [-0.4, -0.2) is 30.1 Å². The van der Waals surface area contributed by atoms with Crippen molar-refractivity contribution < 1.29 is 0 Å². The highest BCUT2D eigenvalue weighted by Crippen LogP contribution is 2.09. The minimum absolute atomic E-state index is 0.101. The van der Waals surface area contributed by atoms with E-state index in [1.165, 1.54) is 0 Å². The number of aromatic nitrogens is 1. The Bertz CT molecular complexity index is 557. The molecule has 17 heavy (non-hydrogen) atoms. The fraction of sp³-hybridized carbons (Fsp3) is 0.357. The molecule has 0 aliphatic rings. The van der Waals surface area contributed by atoms with E-state index in [4.69, 9.17) is 0 Å². The lowest BCUT2D eigenvalue weighted by atomic mass is 10.2. The standard InChI is InChI=1S/C14H18N2O/c1-15(2)9-5-10-16-11-8-14(17)12-6-3-4-7-13(12)16/h3-4,6-8,11H,5,9-10H2,1-2H3. The summed E-state index contributed by atoms with van der Waals surface area (Å²) in [6.45, 7) is 2.00. The highest BCUT2D eigenvalue weighted by Gasteiger charge is 2.01. The van der Waals surface area contributed by atoms with E-state index in [9.17, 15) is 4.79 Å². The molecule has 3 nitrogen and oxygen atoms in total. The van der Waals surface area contributed by atoms with Crippen LogP contribution in [0.2, 0.25) is 0 Å². The maximum Gasteiger partial charge on any atom is 0.189 e. The van der Waals surface area contributed by atoms with Crippen molar-refractivity contribution in [3.63, 3.8) is 0 Å². The quantitative estimate of drug-likeness (QED) is 0.802. The smallest absolute Gasteiger partial charge is 0.189 e. The lowest BCUT2D eigenvalue weighted by Gasteiger charge is -2.13. The largest absolute Gasteiger partial charge is 0.347 e. The maximum absolute atomic E-state index is 11.7. The van der Waals surface area contributed by atoms with E-state index < -0.39 is 0 Å². The van der Waals surface area contributed by atoms with Gasteiger partial charge >= 0.3 is 0 Å². The average Bonchev–Trinajstić information content (AvgIpc) is 2.32. The summed E-state index contributed by atoms with van der Waals surface area (Å²) >= 11 is 0. The van der Waals surface area contributed by atoms with Gasteiger partial charge in [0.1, 0.15) is 0 Å². The van der Waals surface area contributed by atoms with Gasteiger partial charge in [-0.05, 0) is 39.2 Å². The summed E-state index contributed by atoms with van der Waals surface area (Å²) in [5.74, 6) is 0. The van der Waals surface area contributed by atoms with Crippen LogP contribution in [0, 0.1) is 0 Å². The Morgan fingerprint density at radius 2 is 1.94 bits per heavy atom. The van der Waals surface area contributed by atoms with Gasteiger partial charge in [-0.1, -0.05) is 12.1 Å². The highest BCUT2D eigenvalue weighted by molar-refractivity contribution is 5.78. The molecule has 0 saturated carbocycles. The van der Waals surface area contributed by atoms with Crippen LogP contribution in [0.25, 0.3) is 10.9 Å². The number of nitrogens with zero attached hydrogens (tertiary/aromatic N) is 2. The third-order valence-electron chi connectivity index (χ3n) is 2.89. The molecule has 0 aliphatic heterocycles. The molecule has 0 saturated heterocycles. The van der Waals surface area contributed by atoms with Crippen LogP contribution >= 0.6 is 0 Å². The summed E-state index contributed by atoms with van der Waals surface area (Å²) < 4.78 is 2.15. The first kappa shape index (κ1) is 11.9. The number of pyridine rings is 1. The van der Waals surface area contributed by atoms with Gasteiger partial charge in [0.2, 0.25) is 0 Å². The summed E-state index contributed by atoms with van der Waals surface area (Å²) in [7, 11) is 4.15.